The Morgan fingerprint density at radius 1 is 1.12 bits per heavy atom. The number of pyridine rings is 1. The monoisotopic (exact) mass is 438 g/mol. The predicted molar refractivity (Wildman–Crippen MR) is 125 cm³/mol. The van der Waals surface area contributed by atoms with Crippen molar-refractivity contribution in [2.24, 2.45) is 5.92 Å². The van der Waals surface area contributed by atoms with Crippen LogP contribution in [0.1, 0.15) is 37.7 Å². The topological polar surface area (TPSA) is 54.6 Å². The van der Waals surface area contributed by atoms with Crippen LogP contribution in [-0.2, 0) is 0 Å². The first-order chi connectivity index (χ1) is 15.6. The number of halogens is 1. The van der Waals surface area contributed by atoms with Gasteiger partial charge in [-0.05, 0) is 86.0 Å². The molecule has 2 unspecified atom stereocenters. The van der Waals surface area contributed by atoms with Crippen LogP contribution < -0.4 is 15.0 Å². The van der Waals surface area contributed by atoms with E-state index in [1.807, 2.05) is 24.3 Å². The first-order valence-corrected chi connectivity index (χ1v) is 11.4. The molecule has 32 heavy (non-hydrogen) atoms. The van der Waals surface area contributed by atoms with Crippen molar-refractivity contribution in [3.05, 3.63) is 70.3 Å². The molecule has 0 spiro atoms. The maximum Gasteiger partial charge on any atom is 0.248 e. The van der Waals surface area contributed by atoms with Gasteiger partial charge in [0.1, 0.15) is 17.3 Å². The fraction of sp³-hybridized carbons (Fsp3) is 0.423. The molecular formula is C26H31FN2O3. The largest absolute Gasteiger partial charge is 0.496 e. The third-order valence-corrected chi connectivity index (χ3v) is 6.29. The molecule has 1 aromatic heterocycles. The first kappa shape index (κ1) is 22.3. The summed E-state index contributed by atoms with van der Waals surface area (Å²) < 4.78 is 25.0. The van der Waals surface area contributed by atoms with Crippen molar-refractivity contribution in [1.82, 2.24) is 9.88 Å². The molecule has 4 rings (SSSR count). The molecular weight excluding hydrogens is 407 g/mol. The molecule has 1 fully saturated rings. The van der Waals surface area contributed by atoms with E-state index >= 15 is 0 Å². The minimum absolute atomic E-state index is 0.108. The van der Waals surface area contributed by atoms with Gasteiger partial charge >= 0.3 is 0 Å². The van der Waals surface area contributed by atoms with Gasteiger partial charge in [0.05, 0.1) is 19.2 Å². The SMILES string of the molecule is CCN(CCCCOc1ccc2ccc(=O)[nH]c2c1)CC1CC1c1cc(F)ccc1OC. The van der Waals surface area contributed by atoms with E-state index in [2.05, 4.69) is 16.8 Å². The van der Waals surface area contributed by atoms with Crippen LogP contribution in [0.2, 0.25) is 0 Å². The molecule has 0 bridgehead atoms. The lowest BCUT2D eigenvalue weighted by Crippen LogP contribution is -2.27. The molecule has 1 saturated carbocycles. The number of unbranched alkanes of at least 4 members (excludes halogenated alkanes) is 1. The van der Waals surface area contributed by atoms with Crippen LogP contribution in [0, 0.1) is 11.7 Å². The summed E-state index contributed by atoms with van der Waals surface area (Å²) in [5.74, 6) is 2.31. The van der Waals surface area contributed by atoms with E-state index in [9.17, 15) is 9.18 Å². The molecule has 6 heteroatoms. The van der Waals surface area contributed by atoms with Gasteiger partial charge in [0.15, 0.2) is 0 Å². The van der Waals surface area contributed by atoms with Crippen LogP contribution >= 0.6 is 0 Å². The number of methoxy groups -OCH3 is 1. The van der Waals surface area contributed by atoms with Gasteiger partial charge in [0.25, 0.3) is 0 Å². The van der Waals surface area contributed by atoms with Crippen molar-refractivity contribution in [1.29, 1.82) is 0 Å². The van der Waals surface area contributed by atoms with E-state index in [0.29, 0.717) is 18.4 Å². The summed E-state index contributed by atoms with van der Waals surface area (Å²) in [6.07, 6.45) is 3.11. The second kappa shape index (κ2) is 10.2. The first-order valence-electron chi connectivity index (χ1n) is 11.4. The number of aromatic amines is 1. The average Bonchev–Trinajstić information content (AvgIpc) is 3.56. The lowest BCUT2D eigenvalue weighted by molar-refractivity contribution is 0.250. The molecule has 1 N–H and O–H groups in total. The maximum atomic E-state index is 13.7. The number of ether oxygens (including phenoxy) is 2. The summed E-state index contributed by atoms with van der Waals surface area (Å²) in [6.45, 7) is 5.88. The van der Waals surface area contributed by atoms with Crippen LogP contribution in [0.25, 0.3) is 10.9 Å². The molecule has 0 amide bonds. The molecule has 1 heterocycles. The molecule has 2 aromatic carbocycles. The van der Waals surface area contributed by atoms with Gasteiger partial charge in [0.2, 0.25) is 5.56 Å². The summed E-state index contributed by atoms with van der Waals surface area (Å²) in [5.41, 5.74) is 1.68. The average molecular weight is 439 g/mol. The van der Waals surface area contributed by atoms with Crippen LogP contribution in [0.3, 0.4) is 0 Å². The van der Waals surface area contributed by atoms with Crippen molar-refractivity contribution in [2.75, 3.05) is 33.4 Å². The highest BCUT2D eigenvalue weighted by Crippen LogP contribution is 2.50. The molecule has 0 aliphatic heterocycles. The van der Waals surface area contributed by atoms with Gasteiger partial charge in [-0.2, -0.15) is 0 Å². The molecule has 170 valence electrons. The number of H-pyrrole nitrogens is 1. The molecule has 0 saturated heterocycles. The van der Waals surface area contributed by atoms with Gasteiger partial charge in [-0.15, -0.1) is 0 Å². The second-order valence-corrected chi connectivity index (χ2v) is 8.51. The van der Waals surface area contributed by atoms with Crippen molar-refractivity contribution < 1.29 is 13.9 Å². The van der Waals surface area contributed by atoms with E-state index in [1.54, 1.807) is 19.2 Å². The zero-order chi connectivity index (χ0) is 22.5. The summed E-state index contributed by atoms with van der Waals surface area (Å²) in [6, 6.07) is 13.9. The molecule has 1 aliphatic carbocycles. The molecule has 1 aliphatic rings. The minimum Gasteiger partial charge on any atom is -0.496 e. The number of hydrogen-bond acceptors (Lipinski definition) is 4. The number of fused-ring (bicyclic) bond motifs is 1. The van der Waals surface area contributed by atoms with Crippen molar-refractivity contribution in [3.63, 3.8) is 0 Å². The molecule has 3 aromatic rings. The Bertz CT molecular complexity index is 1110. The van der Waals surface area contributed by atoms with E-state index in [1.165, 1.54) is 12.1 Å². The van der Waals surface area contributed by atoms with Crippen molar-refractivity contribution in [3.8, 4) is 11.5 Å². The highest BCUT2D eigenvalue weighted by molar-refractivity contribution is 5.79. The molecule has 0 radical (unpaired) electrons. The Balaban J connectivity index is 1.20. The fourth-order valence-electron chi connectivity index (χ4n) is 4.38. The molecule has 5 nitrogen and oxygen atoms in total. The summed E-state index contributed by atoms with van der Waals surface area (Å²) in [5, 5.41) is 0.991. The lowest BCUT2D eigenvalue weighted by atomic mass is 10.1. The minimum atomic E-state index is -0.198. The number of hydrogen-bond donors (Lipinski definition) is 1. The highest BCUT2D eigenvalue weighted by atomic mass is 19.1. The lowest BCUT2D eigenvalue weighted by Gasteiger charge is -2.20. The standard InChI is InChI=1S/C26H31FN2O3/c1-3-29(17-19-14-22(19)23-15-20(27)8-10-25(23)31-2)12-4-5-13-32-21-9-6-18-7-11-26(30)28-24(18)16-21/h6-11,15-16,19,22H,3-5,12-14,17H2,1-2H3,(H,28,30). The van der Waals surface area contributed by atoms with Crippen LogP contribution in [0.4, 0.5) is 4.39 Å². The zero-order valence-electron chi connectivity index (χ0n) is 18.8. The van der Waals surface area contributed by atoms with Gasteiger partial charge in [0, 0.05) is 24.2 Å². The summed E-state index contributed by atoms with van der Waals surface area (Å²) in [7, 11) is 1.64. The van der Waals surface area contributed by atoms with E-state index < -0.39 is 0 Å². The van der Waals surface area contributed by atoms with E-state index in [-0.39, 0.29) is 11.4 Å². The number of nitrogens with zero attached hydrogens (tertiary/aromatic N) is 1. The van der Waals surface area contributed by atoms with Gasteiger partial charge in [-0.25, -0.2) is 4.39 Å². The Hall–Kier alpha value is -2.86. The van der Waals surface area contributed by atoms with Crippen molar-refractivity contribution in [2.45, 2.75) is 32.1 Å². The van der Waals surface area contributed by atoms with E-state index in [4.69, 9.17) is 9.47 Å². The normalized spacial score (nSPS) is 17.6. The molecule has 2 atom stereocenters. The number of benzene rings is 2. The van der Waals surface area contributed by atoms with E-state index in [0.717, 1.165) is 66.9 Å². The Morgan fingerprint density at radius 3 is 2.78 bits per heavy atom. The zero-order valence-corrected chi connectivity index (χ0v) is 18.8. The fourth-order valence-corrected chi connectivity index (χ4v) is 4.38. The van der Waals surface area contributed by atoms with Gasteiger partial charge in [-0.3, -0.25) is 4.79 Å². The highest BCUT2D eigenvalue weighted by Gasteiger charge is 2.40. The summed E-state index contributed by atoms with van der Waals surface area (Å²) in [4.78, 5) is 16.8. The van der Waals surface area contributed by atoms with Gasteiger partial charge in [-0.1, -0.05) is 6.92 Å². The predicted octanol–water partition coefficient (Wildman–Crippen LogP) is 4.96. The number of rotatable bonds is 11. The van der Waals surface area contributed by atoms with Crippen LogP contribution in [-0.4, -0.2) is 43.2 Å². The number of aromatic nitrogens is 1. The maximum absolute atomic E-state index is 13.7. The Morgan fingerprint density at radius 2 is 1.97 bits per heavy atom. The smallest absolute Gasteiger partial charge is 0.248 e. The van der Waals surface area contributed by atoms with Crippen LogP contribution in [0.15, 0.2) is 53.3 Å². The third kappa shape index (κ3) is 5.49. The Labute approximate surface area is 188 Å². The van der Waals surface area contributed by atoms with Crippen LogP contribution in [0.5, 0.6) is 11.5 Å². The number of nitrogens with one attached hydrogen (secondary N) is 1. The summed E-state index contributed by atoms with van der Waals surface area (Å²) >= 11 is 0. The van der Waals surface area contributed by atoms with Gasteiger partial charge < -0.3 is 19.4 Å². The second-order valence-electron chi connectivity index (χ2n) is 8.51. The Kier molecular flexibility index (Phi) is 7.10. The van der Waals surface area contributed by atoms with Crippen molar-refractivity contribution >= 4 is 10.9 Å². The third-order valence-electron chi connectivity index (χ3n) is 6.29. The quantitative estimate of drug-likeness (QED) is 0.430.